The highest BCUT2D eigenvalue weighted by atomic mass is 16.5. The van der Waals surface area contributed by atoms with Crippen LogP contribution in [0.4, 0.5) is 5.69 Å². The van der Waals surface area contributed by atoms with Gasteiger partial charge in [0.05, 0.1) is 5.56 Å². The van der Waals surface area contributed by atoms with E-state index in [1.165, 1.54) is 0 Å². The number of fused-ring (bicyclic) bond motifs is 1. The Kier molecular flexibility index (Phi) is 5.94. The summed E-state index contributed by atoms with van der Waals surface area (Å²) in [5.41, 5.74) is 2.58. The normalized spacial score (nSPS) is 10.5. The number of rotatable bonds is 6. The van der Waals surface area contributed by atoms with E-state index in [0.717, 1.165) is 22.0 Å². The maximum atomic E-state index is 12.4. The van der Waals surface area contributed by atoms with Crippen molar-refractivity contribution in [3.05, 3.63) is 77.9 Å². The van der Waals surface area contributed by atoms with Crippen LogP contribution in [0.25, 0.3) is 10.8 Å². The van der Waals surface area contributed by atoms with Gasteiger partial charge in [-0.15, -0.1) is 0 Å². The number of anilines is 1. The zero-order valence-corrected chi connectivity index (χ0v) is 16.4. The fourth-order valence-corrected chi connectivity index (χ4v) is 2.98. The summed E-state index contributed by atoms with van der Waals surface area (Å²) in [6.45, 7) is 0.173. The molecule has 0 heterocycles. The summed E-state index contributed by atoms with van der Waals surface area (Å²) in [6.07, 6.45) is 0. The smallest absolute Gasteiger partial charge is 0.339 e. The summed E-state index contributed by atoms with van der Waals surface area (Å²) < 4.78 is 5.27. The second kappa shape index (κ2) is 8.57. The van der Waals surface area contributed by atoms with Gasteiger partial charge in [-0.3, -0.25) is 4.79 Å². The van der Waals surface area contributed by atoms with Crippen LogP contribution in [0.3, 0.4) is 0 Å². The molecule has 0 bridgehead atoms. The van der Waals surface area contributed by atoms with Crippen molar-refractivity contribution >= 4 is 28.3 Å². The van der Waals surface area contributed by atoms with Gasteiger partial charge in [0, 0.05) is 33.4 Å². The van der Waals surface area contributed by atoms with Crippen molar-refractivity contribution in [1.82, 2.24) is 4.90 Å². The average molecular weight is 376 g/mol. The minimum Gasteiger partial charge on any atom is -0.452 e. The number of nitrogens with zero attached hydrogens (tertiary/aromatic N) is 2. The summed E-state index contributed by atoms with van der Waals surface area (Å²) in [4.78, 5) is 28.4. The van der Waals surface area contributed by atoms with Gasteiger partial charge in [-0.25, -0.2) is 4.79 Å². The predicted octanol–water partition coefficient (Wildman–Crippen LogP) is 3.72. The van der Waals surface area contributed by atoms with E-state index in [-0.39, 0.29) is 12.5 Å². The van der Waals surface area contributed by atoms with Gasteiger partial charge in [0.2, 0.25) is 0 Å². The number of likely N-dealkylation sites (N-methyl/N-ethyl adjacent to an activating group) is 1. The lowest BCUT2D eigenvalue weighted by molar-refractivity contribution is -0.133. The quantitative estimate of drug-likeness (QED) is 0.615. The first kappa shape index (κ1) is 19.4. The first-order valence-electron chi connectivity index (χ1n) is 9.11. The maximum Gasteiger partial charge on any atom is 0.339 e. The van der Waals surface area contributed by atoms with Gasteiger partial charge in [-0.2, -0.15) is 0 Å². The number of benzene rings is 3. The SMILES string of the molecule is CN(Cc1ccc(N(C)C)cc1)C(=O)COC(=O)c1cccc2ccccc12. The fraction of sp³-hybridized carbons (Fsp3) is 0.217. The number of carbonyl (C=O) groups is 2. The van der Waals surface area contributed by atoms with Gasteiger partial charge in [0.25, 0.3) is 5.91 Å². The minimum atomic E-state index is -0.492. The molecular weight excluding hydrogens is 352 g/mol. The van der Waals surface area contributed by atoms with Gasteiger partial charge in [-0.1, -0.05) is 48.5 Å². The zero-order valence-electron chi connectivity index (χ0n) is 16.4. The van der Waals surface area contributed by atoms with E-state index in [1.807, 2.05) is 79.7 Å². The molecule has 0 radical (unpaired) electrons. The molecule has 0 aliphatic carbocycles. The molecule has 3 aromatic rings. The van der Waals surface area contributed by atoms with Crippen LogP contribution >= 0.6 is 0 Å². The standard InChI is InChI=1S/C23H24N2O3/c1-24(2)19-13-11-17(12-14-19)15-25(3)22(26)16-28-23(27)21-10-6-8-18-7-4-5-9-20(18)21/h4-14H,15-16H2,1-3H3. The summed E-state index contributed by atoms with van der Waals surface area (Å²) in [7, 11) is 5.66. The third-order valence-corrected chi connectivity index (χ3v) is 4.63. The summed E-state index contributed by atoms with van der Waals surface area (Å²) in [6, 6.07) is 21.1. The highest BCUT2D eigenvalue weighted by Crippen LogP contribution is 2.19. The van der Waals surface area contributed by atoms with Crippen molar-refractivity contribution in [3.63, 3.8) is 0 Å². The Labute approximate surface area is 165 Å². The monoisotopic (exact) mass is 376 g/mol. The zero-order chi connectivity index (χ0) is 20.1. The first-order valence-corrected chi connectivity index (χ1v) is 9.11. The molecule has 0 aliphatic heterocycles. The Morgan fingerprint density at radius 1 is 0.857 bits per heavy atom. The Balaban J connectivity index is 1.59. The number of hydrogen-bond donors (Lipinski definition) is 0. The van der Waals surface area contributed by atoms with Crippen LogP contribution in [0.1, 0.15) is 15.9 Å². The van der Waals surface area contributed by atoms with E-state index in [9.17, 15) is 9.59 Å². The van der Waals surface area contributed by atoms with Crippen molar-refractivity contribution in [2.45, 2.75) is 6.54 Å². The molecule has 0 atom stereocenters. The molecule has 3 aromatic carbocycles. The Hall–Kier alpha value is -3.34. The second-order valence-corrected chi connectivity index (χ2v) is 6.91. The van der Waals surface area contributed by atoms with Gasteiger partial charge < -0.3 is 14.5 Å². The molecule has 3 rings (SSSR count). The lowest BCUT2D eigenvalue weighted by Crippen LogP contribution is -2.30. The molecule has 0 aliphatic rings. The van der Waals surface area contributed by atoms with E-state index in [0.29, 0.717) is 12.1 Å². The molecule has 0 saturated heterocycles. The fourth-order valence-electron chi connectivity index (χ4n) is 2.98. The van der Waals surface area contributed by atoms with Gasteiger partial charge in [-0.05, 0) is 34.5 Å². The molecule has 0 unspecified atom stereocenters. The molecule has 0 fully saturated rings. The number of esters is 1. The first-order chi connectivity index (χ1) is 13.5. The number of amides is 1. The van der Waals surface area contributed by atoms with Crippen molar-refractivity contribution in [3.8, 4) is 0 Å². The summed E-state index contributed by atoms with van der Waals surface area (Å²) in [5.74, 6) is -0.737. The highest BCUT2D eigenvalue weighted by molar-refractivity contribution is 6.04. The molecule has 0 saturated carbocycles. The molecule has 1 amide bonds. The second-order valence-electron chi connectivity index (χ2n) is 6.91. The van der Waals surface area contributed by atoms with E-state index in [4.69, 9.17) is 4.74 Å². The van der Waals surface area contributed by atoms with Gasteiger partial charge in [0.1, 0.15) is 0 Å². The maximum absolute atomic E-state index is 12.4. The van der Waals surface area contributed by atoms with Crippen LogP contribution in [0.5, 0.6) is 0 Å². The van der Waals surface area contributed by atoms with Crippen molar-refractivity contribution < 1.29 is 14.3 Å². The molecule has 28 heavy (non-hydrogen) atoms. The number of carbonyl (C=O) groups excluding carboxylic acids is 2. The lowest BCUT2D eigenvalue weighted by atomic mass is 10.1. The topological polar surface area (TPSA) is 49.9 Å². The van der Waals surface area contributed by atoms with Crippen LogP contribution in [0.2, 0.25) is 0 Å². The minimum absolute atomic E-state index is 0.245. The van der Waals surface area contributed by atoms with Crippen LogP contribution in [-0.4, -0.2) is 44.5 Å². The van der Waals surface area contributed by atoms with Crippen molar-refractivity contribution in [1.29, 1.82) is 0 Å². The number of hydrogen-bond acceptors (Lipinski definition) is 4. The number of ether oxygens (including phenoxy) is 1. The summed E-state index contributed by atoms with van der Waals surface area (Å²) in [5, 5.41) is 1.78. The highest BCUT2D eigenvalue weighted by Gasteiger charge is 2.15. The molecule has 0 spiro atoms. The molecule has 144 valence electrons. The molecule has 0 N–H and O–H groups in total. The van der Waals surface area contributed by atoms with Crippen LogP contribution < -0.4 is 4.90 Å². The van der Waals surface area contributed by atoms with Crippen LogP contribution in [0, 0.1) is 0 Å². The Morgan fingerprint density at radius 2 is 1.54 bits per heavy atom. The summed E-state index contributed by atoms with van der Waals surface area (Å²) >= 11 is 0. The molecule has 5 nitrogen and oxygen atoms in total. The Morgan fingerprint density at radius 3 is 2.25 bits per heavy atom. The van der Waals surface area contributed by atoms with E-state index < -0.39 is 5.97 Å². The lowest BCUT2D eigenvalue weighted by Gasteiger charge is -2.18. The van der Waals surface area contributed by atoms with Crippen molar-refractivity contribution in [2.75, 3.05) is 32.6 Å². The molecule has 0 aromatic heterocycles. The third kappa shape index (κ3) is 4.49. The average Bonchev–Trinajstić information content (AvgIpc) is 2.71. The molecule has 5 heteroatoms. The van der Waals surface area contributed by atoms with Crippen LogP contribution in [-0.2, 0) is 16.1 Å². The Bertz CT molecular complexity index is 975. The van der Waals surface area contributed by atoms with Crippen LogP contribution in [0.15, 0.2) is 66.7 Å². The predicted molar refractivity (Wildman–Crippen MR) is 111 cm³/mol. The van der Waals surface area contributed by atoms with Gasteiger partial charge >= 0.3 is 5.97 Å². The van der Waals surface area contributed by atoms with Gasteiger partial charge in [0.15, 0.2) is 6.61 Å². The van der Waals surface area contributed by atoms with E-state index in [1.54, 1.807) is 18.0 Å². The van der Waals surface area contributed by atoms with E-state index >= 15 is 0 Å². The van der Waals surface area contributed by atoms with E-state index in [2.05, 4.69) is 0 Å². The largest absolute Gasteiger partial charge is 0.452 e. The van der Waals surface area contributed by atoms with Crippen molar-refractivity contribution in [2.24, 2.45) is 0 Å². The molecular formula is C23H24N2O3. The third-order valence-electron chi connectivity index (χ3n) is 4.63.